The van der Waals surface area contributed by atoms with Gasteiger partial charge < -0.3 is 4.74 Å². The summed E-state index contributed by atoms with van der Waals surface area (Å²) in [4.78, 5) is 21.2. The maximum atomic E-state index is 14.3. The summed E-state index contributed by atoms with van der Waals surface area (Å²) in [5.74, 6) is -2.32. The van der Waals surface area contributed by atoms with Crippen LogP contribution in [0.2, 0.25) is 0 Å². The number of hydrogen-bond acceptors (Lipinski definition) is 4. The SMILES string of the molecule is CCCCCCCc1cnc(-c2ccc(OC(=O)c3ccc(CCC)c(F)c3F)cc2)nc1. The summed E-state index contributed by atoms with van der Waals surface area (Å²) in [6.07, 6.45) is 11.9. The summed E-state index contributed by atoms with van der Waals surface area (Å²) in [7, 11) is 0. The van der Waals surface area contributed by atoms with Gasteiger partial charge in [-0.05, 0) is 60.7 Å². The molecule has 3 rings (SSSR count). The third-order valence-corrected chi connectivity index (χ3v) is 5.50. The van der Waals surface area contributed by atoms with E-state index >= 15 is 0 Å². The molecule has 1 aromatic heterocycles. The van der Waals surface area contributed by atoms with Crippen LogP contribution in [0.4, 0.5) is 8.78 Å². The molecule has 3 aromatic rings. The van der Waals surface area contributed by atoms with Gasteiger partial charge in [-0.3, -0.25) is 0 Å². The first kappa shape index (κ1) is 24.5. The van der Waals surface area contributed by atoms with E-state index in [1.54, 1.807) is 24.3 Å². The van der Waals surface area contributed by atoms with E-state index in [2.05, 4.69) is 16.9 Å². The summed E-state index contributed by atoms with van der Waals surface area (Å²) in [6.45, 7) is 4.08. The maximum absolute atomic E-state index is 14.3. The minimum absolute atomic E-state index is 0.227. The van der Waals surface area contributed by atoms with E-state index in [0.29, 0.717) is 18.7 Å². The zero-order valence-corrected chi connectivity index (χ0v) is 19.2. The highest BCUT2D eigenvalue weighted by atomic mass is 19.2. The molecule has 0 spiro atoms. The molecular formula is C27H30F2N2O2. The molecule has 0 saturated carbocycles. The van der Waals surface area contributed by atoms with Crippen LogP contribution in [-0.4, -0.2) is 15.9 Å². The molecule has 1 heterocycles. The summed E-state index contributed by atoms with van der Waals surface area (Å²) in [5.41, 5.74) is 1.70. The Morgan fingerprint density at radius 1 is 0.818 bits per heavy atom. The number of nitrogens with zero attached hydrogens (tertiary/aromatic N) is 2. The first-order chi connectivity index (χ1) is 16.0. The van der Waals surface area contributed by atoms with Crippen molar-refractivity contribution in [3.8, 4) is 17.1 Å². The van der Waals surface area contributed by atoms with E-state index in [9.17, 15) is 13.6 Å². The molecular weight excluding hydrogens is 422 g/mol. The molecule has 0 radical (unpaired) electrons. The monoisotopic (exact) mass is 452 g/mol. The van der Waals surface area contributed by atoms with Gasteiger partial charge in [0.15, 0.2) is 17.5 Å². The molecule has 0 amide bonds. The number of hydrogen-bond donors (Lipinski definition) is 0. The Labute approximate surface area is 194 Å². The fourth-order valence-electron chi connectivity index (χ4n) is 3.61. The van der Waals surface area contributed by atoms with E-state index in [1.165, 1.54) is 37.8 Å². The number of esters is 1. The average molecular weight is 453 g/mol. The Kier molecular flexibility index (Phi) is 9.04. The Morgan fingerprint density at radius 3 is 2.18 bits per heavy atom. The highest BCUT2D eigenvalue weighted by Crippen LogP contribution is 2.23. The minimum atomic E-state index is -1.18. The molecule has 0 aliphatic rings. The number of carbonyl (C=O) groups excluding carboxylic acids is 1. The summed E-state index contributed by atoms with van der Waals surface area (Å²) < 4.78 is 33.7. The van der Waals surface area contributed by atoms with Gasteiger partial charge in [0.25, 0.3) is 0 Å². The Balaban J connectivity index is 1.60. The number of rotatable bonds is 11. The second-order valence-electron chi connectivity index (χ2n) is 8.14. The number of halogens is 2. The predicted octanol–water partition coefficient (Wildman–Crippen LogP) is 7.11. The Bertz CT molecular complexity index is 1050. The molecule has 174 valence electrons. The minimum Gasteiger partial charge on any atom is -0.423 e. The van der Waals surface area contributed by atoms with Crippen LogP contribution in [0.15, 0.2) is 48.8 Å². The zero-order chi connectivity index (χ0) is 23.6. The Morgan fingerprint density at radius 2 is 1.52 bits per heavy atom. The molecule has 0 bridgehead atoms. The van der Waals surface area contributed by atoms with Crippen LogP contribution < -0.4 is 4.74 Å². The summed E-state index contributed by atoms with van der Waals surface area (Å²) >= 11 is 0. The smallest absolute Gasteiger partial charge is 0.346 e. The van der Waals surface area contributed by atoms with E-state index in [0.717, 1.165) is 24.0 Å². The molecule has 33 heavy (non-hydrogen) atoms. The van der Waals surface area contributed by atoms with Crippen molar-refractivity contribution in [1.82, 2.24) is 9.97 Å². The second-order valence-corrected chi connectivity index (χ2v) is 8.14. The number of aryl methyl sites for hydroxylation is 2. The third kappa shape index (κ3) is 6.67. The molecule has 0 aliphatic carbocycles. The molecule has 2 aromatic carbocycles. The van der Waals surface area contributed by atoms with Crippen molar-refractivity contribution in [3.63, 3.8) is 0 Å². The van der Waals surface area contributed by atoms with Crippen LogP contribution in [-0.2, 0) is 12.8 Å². The molecule has 0 unspecified atom stereocenters. The largest absolute Gasteiger partial charge is 0.423 e. The van der Waals surface area contributed by atoms with Gasteiger partial charge in [0.05, 0.1) is 5.56 Å². The lowest BCUT2D eigenvalue weighted by Gasteiger charge is -2.09. The molecule has 0 N–H and O–H groups in total. The highest BCUT2D eigenvalue weighted by Gasteiger charge is 2.20. The van der Waals surface area contributed by atoms with Gasteiger partial charge in [-0.25, -0.2) is 23.5 Å². The van der Waals surface area contributed by atoms with Gasteiger partial charge in [-0.15, -0.1) is 0 Å². The van der Waals surface area contributed by atoms with Gasteiger partial charge in [-0.1, -0.05) is 52.0 Å². The standard InChI is InChI=1S/C27H30F2N2O2/c1-3-5-6-7-8-10-19-17-30-26(31-18-19)21-11-14-22(15-12-21)33-27(32)23-16-13-20(9-4-2)24(28)25(23)29/h11-18H,3-10H2,1-2H3. The van der Waals surface area contributed by atoms with Crippen molar-refractivity contribution in [1.29, 1.82) is 0 Å². The molecule has 6 heteroatoms. The molecule has 0 atom stereocenters. The van der Waals surface area contributed by atoms with Gasteiger partial charge in [0, 0.05) is 18.0 Å². The predicted molar refractivity (Wildman–Crippen MR) is 125 cm³/mol. The zero-order valence-electron chi connectivity index (χ0n) is 19.2. The van der Waals surface area contributed by atoms with E-state index in [1.807, 2.05) is 19.3 Å². The van der Waals surface area contributed by atoms with Crippen LogP contribution in [0.25, 0.3) is 11.4 Å². The highest BCUT2D eigenvalue weighted by molar-refractivity contribution is 5.91. The normalized spacial score (nSPS) is 10.9. The lowest BCUT2D eigenvalue weighted by molar-refractivity contribution is 0.0728. The molecule has 0 saturated heterocycles. The van der Waals surface area contributed by atoms with Crippen LogP contribution in [0.1, 0.15) is 73.9 Å². The van der Waals surface area contributed by atoms with Crippen LogP contribution in [0.3, 0.4) is 0 Å². The Hall–Kier alpha value is -3.15. The van der Waals surface area contributed by atoms with Gasteiger partial charge in [0.1, 0.15) is 5.75 Å². The summed E-state index contributed by atoms with van der Waals surface area (Å²) in [5, 5.41) is 0. The topological polar surface area (TPSA) is 52.1 Å². The van der Waals surface area contributed by atoms with Crippen LogP contribution in [0.5, 0.6) is 5.75 Å². The number of unbranched alkanes of at least 4 members (excludes halogenated alkanes) is 4. The van der Waals surface area contributed by atoms with Crippen molar-refractivity contribution >= 4 is 5.97 Å². The van der Waals surface area contributed by atoms with E-state index in [-0.39, 0.29) is 11.3 Å². The number of carbonyl (C=O) groups is 1. The van der Waals surface area contributed by atoms with Crippen molar-refractivity contribution in [3.05, 3.63) is 77.1 Å². The lowest BCUT2D eigenvalue weighted by Crippen LogP contribution is -2.12. The molecule has 0 fully saturated rings. The van der Waals surface area contributed by atoms with Crippen molar-refractivity contribution in [2.24, 2.45) is 0 Å². The average Bonchev–Trinajstić information content (AvgIpc) is 2.83. The number of benzene rings is 2. The number of aromatic nitrogens is 2. The summed E-state index contributed by atoms with van der Waals surface area (Å²) in [6, 6.07) is 9.30. The maximum Gasteiger partial charge on any atom is 0.346 e. The molecule has 4 nitrogen and oxygen atoms in total. The second kappa shape index (κ2) is 12.2. The van der Waals surface area contributed by atoms with Crippen molar-refractivity contribution < 1.29 is 18.3 Å². The van der Waals surface area contributed by atoms with E-state index in [4.69, 9.17) is 4.74 Å². The van der Waals surface area contributed by atoms with Gasteiger partial charge >= 0.3 is 5.97 Å². The first-order valence-corrected chi connectivity index (χ1v) is 11.6. The quantitative estimate of drug-likeness (QED) is 0.177. The van der Waals surface area contributed by atoms with Crippen LogP contribution in [0, 0.1) is 11.6 Å². The van der Waals surface area contributed by atoms with Gasteiger partial charge in [-0.2, -0.15) is 0 Å². The fourth-order valence-corrected chi connectivity index (χ4v) is 3.61. The number of ether oxygens (including phenoxy) is 1. The first-order valence-electron chi connectivity index (χ1n) is 11.6. The van der Waals surface area contributed by atoms with Crippen LogP contribution >= 0.6 is 0 Å². The molecule has 0 aliphatic heterocycles. The third-order valence-electron chi connectivity index (χ3n) is 5.50. The lowest BCUT2D eigenvalue weighted by atomic mass is 10.1. The van der Waals surface area contributed by atoms with Gasteiger partial charge in [0.2, 0.25) is 0 Å². The fraction of sp³-hybridized carbons (Fsp3) is 0.370. The van der Waals surface area contributed by atoms with E-state index < -0.39 is 23.2 Å². The van der Waals surface area contributed by atoms with Crippen molar-refractivity contribution in [2.45, 2.75) is 65.2 Å². The van der Waals surface area contributed by atoms with Crippen molar-refractivity contribution in [2.75, 3.05) is 0 Å².